The van der Waals surface area contributed by atoms with Crippen LogP contribution >= 0.6 is 0 Å². The number of carbonyl (C=O) groups excluding carboxylic acids is 5. The largest absolute Gasteiger partial charge is 0.460 e. The molecule has 1 aromatic carbocycles. The molecule has 2 saturated heterocycles. The second-order valence-electron chi connectivity index (χ2n) is 21.9. The number of hydrogen-bond acceptors (Lipinski definition) is 15. The number of para-hydroxylation sites is 1. The Morgan fingerprint density at radius 1 is 0.822 bits per heavy atom. The zero-order valence-corrected chi connectivity index (χ0v) is 44.9. The summed E-state index contributed by atoms with van der Waals surface area (Å²) in [4.78, 5) is 79.7. The molecule has 1 unspecified atom stereocenters. The van der Waals surface area contributed by atoms with Gasteiger partial charge in [0.1, 0.15) is 36.2 Å². The molecule has 6 aliphatic rings. The van der Waals surface area contributed by atoms with Crippen molar-refractivity contribution in [2.45, 2.75) is 192 Å². The lowest BCUT2D eigenvalue weighted by Gasteiger charge is -2.43. The fourth-order valence-corrected chi connectivity index (χ4v) is 11.8. The average molecular weight is 1020 g/mol. The van der Waals surface area contributed by atoms with E-state index in [1.807, 2.05) is 68.3 Å². The highest BCUT2D eigenvalue weighted by molar-refractivity contribution is 6.39. The zero-order chi connectivity index (χ0) is 53.3. The van der Waals surface area contributed by atoms with Crippen LogP contribution in [0.25, 0.3) is 0 Å². The number of anilines is 1. The van der Waals surface area contributed by atoms with Crippen LogP contribution in [-0.4, -0.2) is 144 Å². The molecule has 0 radical (unpaired) electrons. The third kappa shape index (κ3) is 14.0. The smallest absolute Gasteiger partial charge is 0.329 e. The number of Topliss-reactive ketones (excluding diaryl/α,β-unsaturated/α-hetero) is 3. The number of allylic oxidation sites excluding steroid dienone is 1. The molecule has 7 rings (SSSR count). The second kappa shape index (κ2) is 26.1. The monoisotopic (exact) mass is 1020 g/mol. The van der Waals surface area contributed by atoms with E-state index in [1.54, 1.807) is 41.1 Å². The molecule has 1 aromatic rings. The number of nitrogens with zero attached hydrogens (tertiary/aromatic N) is 2. The summed E-state index contributed by atoms with van der Waals surface area (Å²) >= 11 is 0. The number of piperidine rings is 1. The Labute approximate surface area is 432 Å². The molecule has 406 valence electrons. The van der Waals surface area contributed by atoms with Gasteiger partial charge in [-0.1, -0.05) is 71.0 Å². The van der Waals surface area contributed by atoms with Crippen molar-refractivity contribution in [1.29, 1.82) is 0 Å². The Hall–Kier alpha value is -4.13. The van der Waals surface area contributed by atoms with Crippen molar-refractivity contribution in [2.75, 3.05) is 32.9 Å². The molecule has 1 amide bonds. The second-order valence-corrected chi connectivity index (χ2v) is 21.9. The Morgan fingerprint density at radius 3 is 2.23 bits per heavy atom. The van der Waals surface area contributed by atoms with Crippen molar-refractivity contribution in [3.05, 3.63) is 65.8 Å². The van der Waals surface area contributed by atoms with Gasteiger partial charge in [0.15, 0.2) is 5.78 Å². The fourth-order valence-electron chi connectivity index (χ4n) is 11.8. The average Bonchev–Trinajstić information content (AvgIpc) is 3.38. The summed E-state index contributed by atoms with van der Waals surface area (Å²) in [6.07, 6.45) is 6.48. The van der Waals surface area contributed by atoms with Crippen LogP contribution in [0, 0.1) is 35.5 Å². The molecule has 17 atom stereocenters. The molecule has 1 aliphatic carbocycles. The van der Waals surface area contributed by atoms with E-state index in [-0.39, 0.29) is 67.3 Å². The van der Waals surface area contributed by atoms with Crippen molar-refractivity contribution >= 4 is 34.9 Å². The topological polar surface area (TPSA) is 208 Å². The molecule has 16 nitrogen and oxygen atoms in total. The summed E-state index contributed by atoms with van der Waals surface area (Å²) in [5.74, 6) is -8.42. The van der Waals surface area contributed by atoms with Crippen LogP contribution in [0.1, 0.15) is 126 Å². The number of ketones is 3. The number of fused-ring (bicyclic) bond motifs is 16. The van der Waals surface area contributed by atoms with Gasteiger partial charge in [-0.05, 0) is 125 Å². The van der Waals surface area contributed by atoms with Gasteiger partial charge in [-0.25, -0.2) is 9.86 Å². The van der Waals surface area contributed by atoms with Crippen LogP contribution in [0.3, 0.4) is 0 Å². The predicted octanol–water partition coefficient (Wildman–Crippen LogP) is 6.81. The van der Waals surface area contributed by atoms with Gasteiger partial charge < -0.3 is 43.9 Å². The van der Waals surface area contributed by atoms with E-state index in [9.17, 15) is 39.3 Å². The molecule has 3 fully saturated rings. The first-order valence-electron chi connectivity index (χ1n) is 26.7. The molecule has 5 heterocycles. The summed E-state index contributed by atoms with van der Waals surface area (Å²) < 4.78 is 29.9. The van der Waals surface area contributed by atoms with Crippen LogP contribution in [0.2, 0.25) is 0 Å². The third-order valence-corrected chi connectivity index (χ3v) is 16.5. The molecule has 0 spiro atoms. The number of ether oxygens (including phenoxy) is 5. The molecule has 5 aliphatic heterocycles. The van der Waals surface area contributed by atoms with Gasteiger partial charge in [0.05, 0.1) is 36.1 Å². The standard InChI is InChI=1S/C57H84N2O14/c1-33-26-37(5)51(62)53(70-10)52(63)38(6)27-34(2)47(61)32-49(35(3)28-40-20-24-46(60)50(30-40)69-9)71-56(66)45-18-14-15-25-58(45)55(65)54(64)57(67)39(7)19-21-42(72-57)31-48(68-8)36(4)29-43-22-23-44(33)59(73-43)41-16-12-11-13-17-41/h11-13,16-17,22-23,27,29,33-35,37,39-40,42-46,48-50,52-53,60,63,67H,14-15,18-21,24-26,28,30-32H2,1-10H3/b36-29+,38-27+/t33-,34+,35+,37+,39+,40-,42-,43+,44-,45?,46+,48-,49+,50+,52+,53-,57+/m0/s1. The van der Waals surface area contributed by atoms with Crippen molar-refractivity contribution in [3.63, 3.8) is 0 Å². The number of hydroxylamine groups is 1. The number of methoxy groups -OCH3 is 3. The van der Waals surface area contributed by atoms with Gasteiger partial charge in [0.2, 0.25) is 5.79 Å². The number of aliphatic hydroxyl groups excluding tert-OH is 2. The van der Waals surface area contributed by atoms with Crippen molar-refractivity contribution in [3.8, 4) is 0 Å². The highest BCUT2D eigenvalue weighted by Gasteiger charge is 2.53. The summed E-state index contributed by atoms with van der Waals surface area (Å²) in [5.41, 5.74) is 2.00. The molecular weight excluding hydrogens is 937 g/mol. The molecular formula is C57H84N2O14. The Bertz CT molecular complexity index is 2150. The first-order chi connectivity index (χ1) is 34.7. The highest BCUT2D eigenvalue weighted by Crippen LogP contribution is 2.39. The zero-order valence-electron chi connectivity index (χ0n) is 44.9. The van der Waals surface area contributed by atoms with E-state index >= 15 is 0 Å². The maximum absolute atomic E-state index is 14.5. The number of rotatable bonds is 7. The van der Waals surface area contributed by atoms with Crippen LogP contribution in [0.4, 0.5) is 5.69 Å². The van der Waals surface area contributed by atoms with Crippen molar-refractivity contribution in [1.82, 2.24) is 4.90 Å². The number of carbonyl (C=O) groups is 5. The SMILES string of the molecule is CO[C@H]1C[C@@H]2CC[C@@H](C)[C@@](O)(O2)C(=O)C(=O)N2CCCCC2C(=O)O[C@@H]([C@H](C)C[C@@H]2CC[C@@H](O)[C@H](OC)C2)CC(=O)[C@H](C)/C=C(\C)[C@@H](O)[C@@H](OC)C(=O)[C@H](C)C[C@H](C)[C@@H]2C=C[C@H](/C=C/1C)ON2c1ccccc1. The Kier molecular flexibility index (Phi) is 20.8. The van der Waals surface area contributed by atoms with Gasteiger partial charge in [-0.2, -0.15) is 0 Å². The molecule has 3 N–H and O–H groups in total. The number of aliphatic hydroxyl groups is 3. The lowest BCUT2D eigenvalue weighted by Crippen LogP contribution is -2.61. The predicted molar refractivity (Wildman–Crippen MR) is 274 cm³/mol. The van der Waals surface area contributed by atoms with Crippen LogP contribution in [-0.2, 0) is 52.5 Å². The summed E-state index contributed by atoms with van der Waals surface area (Å²) in [6, 6.07) is 8.24. The van der Waals surface area contributed by atoms with Crippen molar-refractivity contribution in [2.24, 2.45) is 35.5 Å². The Balaban J connectivity index is 1.35. The number of amides is 1. The van der Waals surface area contributed by atoms with Gasteiger partial charge in [-0.15, -0.1) is 0 Å². The highest BCUT2D eigenvalue weighted by atomic mass is 16.7. The van der Waals surface area contributed by atoms with Crippen molar-refractivity contribution < 1.29 is 67.8 Å². The maximum atomic E-state index is 14.5. The summed E-state index contributed by atoms with van der Waals surface area (Å²) in [6.45, 7) is 12.8. The quantitative estimate of drug-likeness (QED) is 0.146. The van der Waals surface area contributed by atoms with Crippen LogP contribution in [0.5, 0.6) is 0 Å². The first-order valence-corrected chi connectivity index (χ1v) is 26.7. The summed E-state index contributed by atoms with van der Waals surface area (Å²) in [7, 11) is 4.53. The molecule has 73 heavy (non-hydrogen) atoms. The van der Waals surface area contributed by atoms with Crippen LogP contribution < -0.4 is 5.06 Å². The summed E-state index contributed by atoms with van der Waals surface area (Å²) in [5, 5.41) is 36.2. The number of benzene rings is 1. The van der Waals surface area contributed by atoms with E-state index < -0.39 is 90.0 Å². The number of hydrogen-bond donors (Lipinski definition) is 3. The molecule has 0 aromatic heterocycles. The Morgan fingerprint density at radius 2 is 1.55 bits per heavy atom. The molecule has 16 heteroatoms. The first kappa shape index (κ1) is 58.1. The van der Waals surface area contributed by atoms with Gasteiger partial charge in [-0.3, -0.25) is 24.0 Å². The third-order valence-electron chi connectivity index (χ3n) is 16.5. The minimum atomic E-state index is -2.47. The minimum Gasteiger partial charge on any atom is -0.460 e. The molecule has 1 saturated carbocycles. The molecule has 4 bridgehead atoms. The van der Waals surface area contributed by atoms with E-state index in [0.717, 1.165) is 11.3 Å². The van der Waals surface area contributed by atoms with Crippen LogP contribution in [0.15, 0.2) is 65.8 Å². The van der Waals surface area contributed by atoms with E-state index in [2.05, 4.69) is 13.0 Å². The number of esters is 1. The maximum Gasteiger partial charge on any atom is 0.329 e. The lowest BCUT2D eigenvalue weighted by molar-refractivity contribution is -0.265. The van der Waals surface area contributed by atoms with E-state index in [1.165, 1.54) is 12.0 Å². The minimum absolute atomic E-state index is 0.0716. The van der Waals surface area contributed by atoms with E-state index in [0.29, 0.717) is 63.4 Å². The lowest BCUT2D eigenvalue weighted by atomic mass is 9.78. The van der Waals surface area contributed by atoms with Gasteiger partial charge in [0, 0.05) is 58.5 Å². The van der Waals surface area contributed by atoms with Gasteiger partial charge >= 0.3 is 5.97 Å². The van der Waals surface area contributed by atoms with E-state index in [4.69, 9.17) is 28.5 Å². The normalized spacial score (nSPS) is 39.2. The van der Waals surface area contributed by atoms with Gasteiger partial charge in [0.25, 0.3) is 11.7 Å². The fraction of sp³-hybridized carbons (Fsp3) is 0.702.